The lowest BCUT2D eigenvalue weighted by atomic mass is 10.0. The van der Waals surface area contributed by atoms with Gasteiger partial charge in [0.25, 0.3) is 0 Å². The fourth-order valence-corrected chi connectivity index (χ4v) is 3.80. The van der Waals surface area contributed by atoms with Crippen LogP contribution in [-0.2, 0) is 16.6 Å². The molecule has 0 amide bonds. The average Bonchev–Trinajstić information content (AvgIpc) is 2.38. The Balaban J connectivity index is 3.25. The first-order valence-corrected chi connectivity index (χ1v) is 8.13. The Bertz CT molecular complexity index is 570. The lowest BCUT2D eigenvalue weighted by Gasteiger charge is -2.21. The van der Waals surface area contributed by atoms with Crippen LogP contribution in [0.25, 0.3) is 0 Å². The van der Waals surface area contributed by atoms with E-state index in [1.165, 1.54) is 13.0 Å². The molecule has 0 aliphatic heterocycles. The Kier molecular flexibility index (Phi) is 5.68. The van der Waals surface area contributed by atoms with Gasteiger partial charge in [-0.25, -0.2) is 17.5 Å². The summed E-state index contributed by atoms with van der Waals surface area (Å²) in [6.45, 7) is 6.76. The monoisotopic (exact) mass is 303 g/mol. The molecule has 1 atom stereocenters. The first-order chi connectivity index (χ1) is 9.22. The predicted molar refractivity (Wildman–Crippen MR) is 76.3 cm³/mol. The average molecular weight is 303 g/mol. The maximum atomic E-state index is 13.7. The Labute approximate surface area is 120 Å². The van der Waals surface area contributed by atoms with Gasteiger partial charge in [-0.2, -0.15) is 0 Å². The van der Waals surface area contributed by atoms with Crippen LogP contribution in [0.15, 0.2) is 17.0 Å². The van der Waals surface area contributed by atoms with Crippen LogP contribution in [0.2, 0.25) is 0 Å². The number of aliphatic hydroxyl groups excluding tert-OH is 1. The quantitative estimate of drug-likeness (QED) is 0.847. The van der Waals surface area contributed by atoms with Gasteiger partial charge in [0.05, 0.1) is 11.5 Å². The molecule has 0 aromatic heterocycles. The zero-order chi connectivity index (χ0) is 15.5. The summed E-state index contributed by atoms with van der Waals surface area (Å²) in [7, 11) is -3.80. The molecule has 1 rings (SSSR count). The van der Waals surface area contributed by atoms with Gasteiger partial charge >= 0.3 is 0 Å². The van der Waals surface area contributed by atoms with Crippen molar-refractivity contribution in [3.05, 3.63) is 29.1 Å². The molecular formula is C14H22FNO3S. The predicted octanol–water partition coefficient (Wildman–Crippen LogP) is 2.34. The number of rotatable bonds is 6. The van der Waals surface area contributed by atoms with Crippen molar-refractivity contribution in [2.45, 2.75) is 51.7 Å². The van der Waals surface area contributed by atoms with E-state index in [2.05, 4.69) is 4.72 Å². The van der Waals surface area contributed by atoms with E-state index in [9.17, 15) is 12.8 Å². The summed E-state index contributed by atoms with van der Waals surface area (Å²) >= 11 is 0. The lowest BCUT2D eigenvalue weighted by molar-refractivity contribution is 0.281. The molecule has 0 aliphatic rings. The topological polar surface area (TPSA) is 66.4 Å². The van der Waals surface area contributed by atoms with Crippen molar-refractivity contribution in [2.24, 2.45) is 5.92 Å². The number of aliphatic hydroxyl groups is 1. The maximum Gasteiger partial charge on any atom is 0.241 e. The third kappa shape index (κ3) is 3.77. The maximum absolute atomic E-state index is 13.7. The molecule has 1 aromatic carbocycles. The number of halogens is 1. The third-order valence-electron chi connectivity index (χ3n) is 3.38. The number of hydrogen-bond donors (Lipinski definition) is 2. The summed E-state index contributed by atoms with van der Waals surface area (Å²) in [5.41, 5.74) is 0.305. The van der Waals surface area contributed by atoms with E-state index in [4.69, 9.17) is 5.11 Å². The minimum atomic E-state index is -3.80. The van der Waals surface area contributed by atoms with Crippen LogP contribution in [0.3, 0.4) is 0 Å². The summed E-state index contributed by atoms with van der Waals surface area (Å²) in [6.07, 6.45) is 0.651. The van der Waals surface area contributed by atoms with Crippen molar-refractivity contribution in [1.82, 2.24) is 4.72 Å². The van der Waals surface area contributed by atoms with E-state index in [0.29, 0.717) is 6.42 Å². The summed E-state index contributed by atoms with van der Waals surface area (Å²) in [5, 5.41) is 9.08. The van der Waals surface area contributed by atoms with Gasteiger partial charge in [0.15, 0.2) is 0 Å². The molecule has 0 radical (unpaired) electrons. The molecule has 2 N–H and O–H groups in total. The van der Waals surface area contributed by atoms with Crippen molar-refractivity contribution in [1.29, 1.82) is 0 Å². The Morgan fingerprint density at radius 1 is 1.35 bits per heavy atom. The number of hydrogen-bond acceptors (Lipinski definition) is 3. The van der Waals surface area contributed by atoms with Gasteiger partial charge in [0.2, 0.25) is 10.0 Å². The zero-order valence-corrected chi connectivity index (χ0v) is 13.1. The standard InChI is InChI=1S/C14H22FNO3S/c1-5-13(9(2)3)16-20(18,19)14-7-11(8-17)6-12(15)10(14)4/h6-7,9,13,16-17H,5,8H2,1-4H3. The summed E-state index contributed by atoms with van der Waals surface area (Å²) in [4.78, 5) is -0.111. The van der Waals surface area contributed by atoms with Gasteiger partial charge < -0.3 is 5.11 Å². The van der Waals surface area contributed by atoms with Crippen molar-refractivity contribution < 1.29 is 17.9 Å². The van der Waals surface area contributed by atoms with Gasteiger partial charge in [0, 0.05) is 11.6 Å². The Hall–Kier alpha value is -0.980. The molecule has 0 fully saturated rings. The molecule has 0 aliphatic carbocycles. The minimum Gasteiger partial charge on any atom is -0.392 e. The molecule has 1 unspecified atom stereocenters. The van der Waals surface area contributed by atoms with Crippen LogP contribution in [-0.4, -0.2) is 19.6 Å². The first-order valence-electron chi connectivity index (χ1n) is 6.65. The highest BCUT2D eigenvalue weighted by molar-refractivity contribution is 7.89. The summed E-state index contributed by atoms with van der Waals surface area (Å²) < 4.78 is 41.1. The molecule has 114 valence electrons. The van der Waals surface area contributed by atoms with Crippen LogP contribution in [0.4, 0.5) is 4.39 Å². The zero-order valence-electron chi connectivity index (χ0n) is 12.3. The SMILES string of the molecule is CCC(NS(=O)(=O)c1cc(CO)cc(F)c1C)C(C)C. The van der Waals surface area contributed by atoms with Crippen molar-refractivity contribution >= 4 is 10.0 Å². The molecule has 20 heavy (non-hydrogen) atoms. The van der Waals surface area contributed by atoms with Crippen LogP contribution in [0.5, 0.6) is 0 Å². The van der Waals surface area contributed by atoms with Crippen LogP contribution in [0, 0.1) is 18.7 Å². The van der Waals surface area contributed by atoms with Gasteiger partial charge in [0.1, 0.15) is 5.82 Å². The highest BCUT2D eigenvalue weighted by Gasteiger charge is 2.24. The van der Waals surface area contributed by atoms with Gasteiger partial charge in [-0.1, -0.05) is 20.8 Å². The van der Waals surface area contributed by atoms with E-state index < -0.39 is 22.4 Å². The molecule has 0 bridgehead atoms. The van der Waals surface area contributed by atoms with Crippen LogP contribution >= 0.6 is 0 Å². The second-order valence-electron chi connectivity index (χ2n) is 5.24. The highest BCUT2D eigenvalue weighted by Crippen LogP contribution is 2.22. The largest absolute Gasteiger partial charge is 0.392 e. The van der Waals surface area contributed by atoms with Crippen LogP contribution < -0.4 is 4.72 Å². The molecule has 1 aromatic rings. The number of sulfonamides is 1. The fourth-order valence-electron chi connectivity index (χ4n) is 2.03. The second kappa shape index (κ2) is 6.65. The van der Waals surface area contributed by atoms with Gasteiger partial charge in [-0.3, -0.25) is 0 Å². The molecular weight excluding hydrogens is 281 g/mol. The molecule has 4 nitrogen and oxygen atoms in total. The fraction of sp³-hybridized carbons (Fsp3) is 0.571. The third-order valence-corrected chi connectivity index (χ3v) is 5.00. The number of nitrogens with one attached hydrogen (secondary N) is 1. The Morgan fingerprint density at radius 2 is 1.95 bits per heavy atom. The first kappa shape index (κ1) is 17.1. The smallest absolute Gasteiger partial charge is 0.241 e. The lowest BCUT2D eigenvalue weighted by Crippen LogP contribution is -2.38. The molecule has 0 spiro atoms. The van der Waals surface area contributed by atoms with E-state index in [0.717, 1.165) is 6.07 Å². The summed E-state index contributed by atoms with van der Waals surface area (Å²) in [6, 6.07) is 2.25. The van der Waals surface area contributed by atoms with E-state index in [1.807, 2.05) is 20.8 Å². The van der Waals surface area contributed by atoms with Crippen molar-refractivity contribution in [3.8, 4) is 0 Å². The van der Waals surface area contributed by atoms with Crippen molar-refractivity contribution in [3.63, 3.8) is 0 Å². The minimum absolute atomic E-state index is 0.0632. The van der Waals surface area contributed by atoms with E-state index >= 15 is 0 Å². The van der Waals surface area contributed by atoms with E-state index in [-0.39, 0.29) is 28.0 Å². The Morgan fingerprint density at radius 3 is 2.40 bits per heavy atom. The van der Waals surface area contributed by atoms with Gasteiger partial charge in [-0.05, 0) is 37.0 Å². The molecule has 6 heteroatoms. The second-order valence-corrected chi connectivity index (χ2v) is 6.92. The van der Waals surface area contributed by atoms with Crippen LogP contribution in [0.1, 0.15) is 38.3 Å². The normalized spacial score (nSPS) is 13.8. The van der Waals surface area contributed by atoms with E-state index in [1.54, 1.807) is 0 Å². The van der Waals surface area contributed by atoms with Crippen molar-refractivity contribution in [2.75, 3.05) is 0 Å². The number of benzene rings is 1. The molecule has 0 heterocycles. The highest BCUT2D eigenvalue weighted by atomic mass is 32.2. The molecule has 0 saturated carbocycles. The van der Waals surface area contributed by atoms with Gasteiger partial charge in [-0.15, -0.1) is 0 Å². The molecule has 0 saturated heterocycles. The summed E-state index contributed by atoms with van der Waals surface area (Å²) in [5.74, 6) is -0.490.